The van der Waals surface area contributed by atoms with Gasteiger partial charge in [-0.05, 0) is 31.7 Å². The molecule has 8 nitrogen and oxygen atoms in total. The minimum atomic E-state index is -5.04. The summed E-state index contributed by atoms with van der Waals surface area (Å²) >= 11 is 5.44. The van der Waals surface area contributed by atoms with E-state index in [1.165, 1.54) is 19.3 Å². The predicted molar refractivity (Wildman–Crippen MR) is 116 cm³/mol. The molecule has 1 unspecified atom stereocenters. The van der Waals surface area contributed by atoms with Gasteiger partial charge in [0.25, 0.3) is 23.4 Å². The second kappa shape index (κ2) is 9.62. The van der Waals surface area contributed by atoms with Crippen molar-refractivity contribution in [1.29, 1.82) is 0 Å². The van der Waals surface area contributed by atoms with Crippen LogP contribution in [0.25, 0.3) is 0 Å². The Morgan fingerprint density at radius 1 is 1.19 bits per heavy atom. The lowest BCUT2D eigenvalue weighted by atomic mass is 9.87. The van der Waals surface area contributed by atoms with Crippen LogP contribution >= 0.6 is 11.6 Å². The lowest BCUT2D eigenvalue weighted by Crippen LogP contribution is -2.60. The van der Waals surface area contributed by atoms with Gasteiger partial charge in [0.1, 0.15) is 6.33 Å². The van der Waals surface area contributed by atoms with Crippen LogP contribution in [0.3, 0.4) is 0 Å². The van der Waals surface area contributed by atoms with E-state index >= 15 is 0 Å². The Balaban J connectivity index is 1.73. The fraction of sp³-hybridized carbons (Fsp3) is 0.500. The number of nitrogens with zero attached hydrogens (tertiary/aromatic N) is 4. The van der Waals surface area contributed by atoms with Gasteiger partial charge in [-0.15, -0.1) is 13.2 Å². The third-order valence-electron chi connectivity index (χ3n) is 6.76. The summed E-state index contributed by atoms with van der Waals surface area (Å²) in [7, 11) is 0. The molecule has 37 heavy (non-hydrogen) atoms. The van der Waals surface area contributed by atoms with Gasteiger partial charge >= 0.3 is 6.36 Å². The van der Waals surface area contributed by atoms with E-state index in [9.17, 15) is 35.9 Å². The summed E-state index contributed by atoms with van der Waals surface area (Å²) in [6.45, 7) is 1.22. The van der Waals surface area contributed by atoms with Gasteiger partial charge in [0.15, 0.2) is 5.54 Å². The number of hydrogen-bond acceptors (Lipinski definition) is 6. The molecule has 2 bridgehead atoms. The van der Waals surface area contributed by atoms with Crippen LogP contribution in [0.2, 0.25) is 0 Å². The number of nitrogens with one attached hydrogen (secondary N) is 1. The van der Waals surface area contributed by atoms with E-state index in [1.807, 2.05) is 0 Å². The van der Waals surface area contributed by atoms with E-state index in [2.05, 4.69) is 25.0 Å². The summed E-state index contributed by atoms with van der Waals surface area (Å²) in [5, 5.41) is 2.69. The van der Waals surface area contributed by atoms with Gasteiger partial charge in [-0.2, -0.15) is 0 Å². The number of hydrogen-bond donors (Lipinski definition) is 1. The van der Waals surface area contributed by atoms with E-state index in [0.717, 1.165) is 24.7 Å². The normalized spacial score (nSPS) is 24.7. The van der Waals surface area contributed by atoms with Crippen molar-refractivity contribution in [2.75, 3.05) is 4.90 Å². The van der Waals surface area contributed by atoms with Crippen LogP contribution in [0.5, 0.6) is 5.88 Å². The molecule has 2 saturated carbocycles. The van der Waals surface area contributed by atoms with Crippen molar-refractivity contribution in [3.8, 4) is 5.88 Å². The highest BCUT2D eigenvalue weighted by atomic mass is 35.5. The van der Waals surface area contributed by atoms with Crippen molar-refractivity contribution >= 4 is 29.1 Å². The van der Waals surface area contributed by atoms with E-state index in [-0.39, 0.29) is 24.1 Å². The average Bonchev–Trinajstić information content (AvgIpc) is 3.35. The molecule has 1 N–H and O–H groups in total. The van der Waals surface area contributed by atoms with Crippen LogP contribution in [0.4, 0.5) is 32.0 Å². The van der Waals surface area contributed by atoms with Crippen LogP contribution in [0.1, 0.15) is 31.7 Å². The molecule has 15 heteroatoms. The lowest BCUT2D eigenvalue weighted by molar-refractivity contribution is -0.276. The summed E-state index contributed by atoms with van der Waals surface area (Å²) < 4.78 is 83.6. The van der Waals surface area contributed by atoms with Crippen molar-refractivity contribution in [2.45, 2.75) is 55.7 Å². The number of carbonyl (C=O) groups is 2. The summed E-state index contributed by atoms with van der Waals surface area (Å²) in [6, 6.07) is 1.08. The number of carbonyl (C=O) groups excluding carboxylic acids is 2. The van der Waals surface area contributed by atoms with Gasteiger partial charge in [-0.1, -0.05) is 11.6 Å². The third-order valence-corrected chi connectivity index (χ3v) is 6.95. The molecule has 200 valence electrons. The number of halogens is 7. The number of anilines is 1. The molecule has 2 aliphatic rings. The van der Waals surface area contributed by atoms with E-state index in [1.54, 1.807) is 0 Å². The van der Waals surface area contributed by atoms with Crippen LogP contribution < -0.4 is 15.0 Å². The van der Waals surface area contributed by atoms with Gasteiger partial charge in [-0.25, -0.2) is 28.1 Å². The van der Waals surface area contributed by atoms with E-state index < -0.39 is 65.4 Å². The monoisotopic (exact) mass is 551 g/mol. The molecule has 2 aliphatic carbocycles. The molecule has 5 atom stereocenters. The molecule has 0 spiro atoms. The van der Waals surface area contributed by atoms with E-state index in [4.69, 9.17) is 11.6 Å². The van der Waals surface area contributed by atoms with Gasteiger partial charge in [0.05, 0.1) is 11.9 Å². The fourth-order valence-electron chi connectivity index (χ4n) is 5.00. The van der Waals surface area contributed by atoms with Gasteiger partial charge in [-0.3, -0.25) is 14.5 Å². The molecule has 4 rings (SSSR count). The molecule has 2 fully saturated rings. The maximum atomic E-state index is 14.2. The maximum Gasteiger partial charge on any atom is 0.574 e. The molecule has 2 amide bonds. The van der Waals surface area contributed by atoms with Crippen molar-refractivity contribution in [2.24, 2.45) is 11.8 Å². The number of aromatic nitrogens is 3. The molecule has 0 radical (unpaired) electrons. The van der Waals surface area contributed by atoms with Crippen LogP contribution in [-0.4, -0.2) is 50.7 Å². The number of amides is 2. The Labute approximate surface area is 211 Å². The highest BCUT2D eigenvalue weighted by molar-refractivity contribution is 6.32. The Hall–Kier alpha value is -3.16. The minimum Gasteiger partial charge on any atom is -0.388 e. The Morgan fingerprint density at radius 3 is 2.35 bits per heavy atom. The number of alkyl halides is 7. The molecular formula is C22H20ClF6N5O3. The minimum absolute atomic E-state index is 0.00496. The predicted octanol–water partition coefficient (Wildman–Crippen LogP) is 4.10. The first-order valence-corrected chi connectivity index (χ1v) is 11.4. The zero-order valence-electron chi connectivity index (χ0n) is 19.1. The lowest BCUT2D eigenvalue weighted by Gasteiger charge is -2.41. The Bertz CT molecular complexity index is 1150. The second-order valence-electron chi connectivity index (χ2n) is 9.05. The first-order valence-electron chi connectivity index (χ1n) is 11.0. The first kappa shape index (κ1) is 26.9. The standard InChI is InChI=1S/C22H20ClF6N5O3/c1-20(13-7-30-10-31-8-13,19(36)33-15-5-12-4-11(15)6-21(12,25)26)34(18(35)17(23)24)14-2-3-16(32-9-14)37-22(27,28)29/h2-3,7-12,15,17H,4-6H2,1H3,(H,33,36)/t11?,12-,15-,17-,20+/m0/s1. The average molecular weight is 552 g/mol. The zero-order chi connectivity index (χ0) is 27.2. The van der Waals surface area contributed by atoms with Gasteiger partial charge in [0, 0.05) is 42.4 Å². The topological polar surface area (TPSA) is 97.3 Å². The van der Waals surface area contributed by atoms with Crippen molar-refractivity contribution in [3.63, 3.8) is 0 Å². The molecule has 0 aliphatic heterocycles. The van der Waals surface area contributed by atoms with Crippen LogP contribution in [0.15, 0.2) is 37.1 Å². The number of ether oxygens (including phenoxy) is 1. The molecule has 2 heterocycles. The first-order chi connectivity index (χ1) is 17.2. The quantitative estimate of drug-likeness (QED) is 0.411. The highest BCUT2D eigenvalue weighted by Gasteiger charge is 2.58. The summed E-state index contributed by atoms with van der Waals surface area (Å²) in [4.78, 5) is 38.5. The van der Waals surface area contributed by atoms with Gasteiger partial charge in [0.2, 0.25) is 5.88 Å². The number of rotatable bonds is 7. The second-order valence-corrected chi connectivity index (χ2v) is 9.43. The number of fused-ring (bicyclic) bond motifs is 2. The summed E-state index contributed by atoms with van der Waals surface area (Å²) in [5.41, 5.74) is -5.09. The smallest absolute Gasteiger partial charge is 0.388 e. The van der Waals surface area contributed by atoms with E-state index in [0.29, 0.717) is 4.90 Å². The molecule has 2 aromatic rings. The molecule has 2 aromatic heterocycles. The highest BCUT2D eigenvalue weighted by Crippen LogP contribution is 2.53. The molecule has 0 saturated heterocycles. The molecular weight excluding hydrogens is 532 g/mol. The van der Waals surface area contributed by atoms with Gasteiger partial charge < -0.3 is 10.1 Å². The van der Waals surface area contributed by atoms with Crippen molar-refractivity contribution < 1.29 is 40.7 Å². The zero-order valence-corrected chi connectivity index (χ0v) is 19.8. The largest absolute Gasteiger partial charge is 0.574 e. The van der Waals surface area contributed by atoms with Crippen molar-refractivity contribution in [1.82, 2.24) is 20.3 Å². The summed E-state index contributed by atoms with van der Waals surface area (Å²) in [6.07, 6.45) is -0.972. The Morgan fingerprint density at radius 2 is 1.86 bits per heavy atom. The molecule has 0 aromatic carbocycles. The summed E-state index contributed by atoms with van der Waals surface area (Å²) in [5.74, 6) is -7.44. The van der Waals surface area contributed by atoms with Crippen LogP contribution in [-0.2, 0) is 15.1 Å². The maximum absolute atomic E-state index is 14.2. The number of pyridine rings is 1. The Kier molecular flexibility index (Phi) is 6.99. The van der Waals surface area contributed by atoms with Crippen LogP contribution in [0, 0.1) is 11.8 Å². The third kappa shape index (κ3) is 5.29. The fourth-order valence-corrected chi connectivity index (χ4v) is 5.09. The van der Waals surface area contributed by atoms with Crippen molar-refractivity contribution in [3.05, 3.63) is 42.6 Å². The SMILES string of the molecule is C[C@](C(=O)N[C@H]1C[C@@H]2CC1CC2(F)F)(c1cncnc1)N(C(=O)[C@H](F)Cl)c1ccc(OC(F)(F)F)nc1.